The Kier molecular flexibility index (Phi) is 4.46. The standard InChI is InChI=1S/C12H9F2N3O2S/c13-12(14)20-9-4-2-1-3-7(9)17-10-6-15-8(5-16-10)11(18)19/h1-6,12H,(H,16,17)(H,18,19). The number of hydrogen-bond acceptors (Lipinski definition) is 5. The smallest absolute Gasteiger partial charge is 0.356 e. The zero-order valence-corrected chi connectivity index (χ0v) is 10.8. The lowest BCUT2D eigenvalue weighted by Gasteiger charge is -2.10. The minimum absolute atomic E-state index is 0.189. The predicted molar refractivity (Wildman–Crippen MR) is 70.6 cm³/mol. The Morgan fingerprint density at radius 2 is 2.00 bits per heavy atom. The number of thioether (sulfide) groups is 1. The summed E-state index contributed by atoms with van der Waals surface area (Å²) in [4.78, 5) is 18.6. The van der Waals surface area contributed by atoms with E-state index in [1.165, 1.54) is 6.20 Å². The number of carboxylic acid groups (broad SMARTS) is 1. The summed E-state index contributed by atoms with van der Waals surface area (Å²) in [7, 11) is 0. The number of nitrogens with zero attached hydrogens (tertiary/aromatic N) is 2. The number of aromatic carboxylic acids is 1. The Balaban J connectivity index is 2.19. The molecule has 8 heteroatoms. The average molecular weight is 297 g/mol. The summed E-state index contributed by atoms with van der Waals surface area (Å²) in [6.45, 7) is 0. The normalized spacial score (nSPS) is 10.6. The van der Waals surface area contributed by atoms with Gasteiger partial charge in [0, 0.05) is 4.90 Å². The average Bonchev–Trinajstić information content (AvgIpc) is 2.41. The Morgan fingerprint density at radius 1 is 1.25 bits per heavy atom. The molecule has 2 N–H and O–H groups in total. The van der Waals surface area contributed by atoms with Gasteiger partial charge in [0.1, 0.15) is 5.82 Å². The van der Waals surface area contributed by atoms with Crippen LogP contribution in [0.5, 0.6) is 0 Å². The van der Waals surface area contributed by atoms with E-state index in [0.29, 0.717) is 22.3 Å². The van der Waals surface area contributed by atoms with Gasteiger partial charge in [-0.2, -0.15) is 8.78 Å². The topological polar surface area (TPSA) is 75.1 Å². The van der Waals surface area contributed by atoms with E-state index < -0.39 is 11.7 Å². The van der Waals surface area contributed by atoms with Crippen molar-refractivity contribution < 1.29 is 18.7 Å². The quantitative estimate of drug-likeness (QED) is 0.825. The van der Waals surface area contributed by atoms with Gasteiger partial charge in [-0.1, -0.05) is 23.9 Å². The molecule has 5 nitrogen and oxygen atoms in total. The third-order valence-corrected chi connectivity index (χ3v) is 3.02. The van der Waals surface area contributed by atoms with Crippen LogP contribution in [-0.2, 0) is 0 Å². The predicted octanol–water partition coefficient (Wildman–Crippen LogP) is 3.23. The summed E-state index contributed by atoms with van der Waals surface area (Å²) in [5.41, 5.74) is 0.265. The summed E-state index contributed by atoms with van der Waals surface area (Å²) < 4.78 is 24.8. The van der Waals surface area contributed by atoms with Crippen LogP contribution in [0.1, 0.15) is 10.5 Å². The Morgan fingerprint density at radius 3 is 2.60 bits per heavy atom. The van der Waals surface area contributed by atoms with E-state index in [1.807, 2.05) is 0 Å². The lowest BCUT2D eigenvalue weighted by atomic mass is 10.3. The van der Waals surface area contributed by atoms with E-state index in [0.717, 1.165) is 6.20 Å². The van der Waals surface area contributed by atoms with Gasteiger partial charge in [0.15, 0.2) is 5.69 Å². The number of carboxylic acids is 1. The SMILES string of the molecule is O=C(O)c1cnc(Nc2ccccc2SC(F)F)cn1. The molecule has 0 amide bonds. The molecule has 1 heterocycles. The maximum absolute atomic E-state index is 12.4. The summed E-state index contributed by atoms with van der Waals surface area (Å²) in [5, 5.41) is 11.5. The largest absolute Gasteiger partial charge is 0.476 e. The van der Waals surface area contributed by atoms with Crippen LogP contribution >= 0.6 is 11.8 Å². The molecule has 2 aromatic rings. The molecule has 0 fully saturated rings. The highest BCUT2D eigenvalue weighted by molar-refractivity contribution is 7.99. The molecular weight excluding hydrogens is 288 g/mol. The first kappa shape index (κ1) is 14.2. The summed E-state index contributed by atoms with van der Waals surface area (Å²) in [5.74, 6) is -3.44. The molecule has 0 unspecified atom stereocenters. The first-order valence-corrected chi connectivity index (χ1v) is 6.30. The maximum atomic E-state index is 12.4. The van der Waals surface area contributed by atoms with E-state index in [9.17, 15) is 13.6 Å². The number of rotatable bonds is 5. The number of nitrogens with one attached hydrogen (secondary N) is 1. The molecule has 0 saturated carbocycles. The van der Waals surface area contributed by atoms with Crippen molar-refractivity contribution in [2.75, 3.05) is 5.32 Å². The molecule has 0 spiro atoms. The van der Waals surface area contributed by atoms with Gasteiger partial charge in [-0.05, 0) is 12.1 Å². The van der Waals surface area contributed by atoms with Crippen LogP contribution in [0.2, 0.25) is 0 Å². The zero-order chi connectivity index (χ0) is 14.5. The van der Waals surface area contributed by atoms with E-state index in [2.05, 4.69) is 15.3 Å². The minimum atomic E-state index is -2.53. The van der Waals surface area contributed by atoms with Crippen LogP contribution in [0.15, 0.2) is 41.6 Å². The Hall–Kier alpha value is -2.22. The van der Waals surface area contributed by atoms with E-state index in [4.69, 9.17) is 5.11 Å². The monoisotopic (exact) mass is 297 g/mol. The van der Waals surface area contributed by atoms with Gasteiger partial charge < -0.3 is 10.4 Å². The molecule has 0 atom stereocenters. The van der Waals surface area contributed by atoms with Crippen LogP contribution in [-0.4, -0.2) is 26.8 Å². The molecule has 0 aliphatic rings. The first-order valence-electron chi connectivity index (χ1n) is 5.42. The summed E-state index contributed by atoms with van der Waals surface area (Å²) in [6.07, 6.45) is 2.32. The molecule has 0 bridgehead atoms. The lowest BCUT2D eigenvalue weighted by Crippen LogP contribution is -2.03. The maximum Gasteiger partial charge on any atom is 0.356 e. The zero-order valence-electron chi connectivity index (χ0n) is 9.96. The van der Waals surface area contributed by atoms with E-state index in [-0.39, 0.29) is 11.5 Å². The lowest BCUT2D eigenvalue weighted by molar-refractivity contribution is 0.0690. The van der Waals surface area contributed by atoms with Gasteiger partial charge in [0.25, 0.3) is 5.76 Å². The number of halogens is 2. The number of alkyl halides is 2. The number of carbonyl (C=O) groups is 1. The summed E-state index contributed by atoms with van der Waals surface area (Å²) in [6, 6.07) is 6.52. The van der Waals surface area contributed by atoms with Crippen molar-refractivity contribution >= 4 is 29.2 Å². The van der Waals surface area contributed by atoms with E-state index in [1.54, 1.807) is 24.3 Å². The fourth-order valence-electron chi connectivity index (χ4n) is 1.41. The van der Waals surface area contributed by atoms with Crippen LogP contribution < -0.4 is 5.32 Å². The number of para-hydroxylation sites is 1. The van der Waals surface area contributed by atoms with Crippen molar-refractivity contribution in [1.82, 2.24) is 9.97 Å². The molecule has 0 aliphatic carbocycles. The van der Waals surface area contributed by atoms with Crippen LogP contribution in [0.3, 0.4) is 0 Å². The van der Waals surface area contributed by atoms with Gasteiger partial charge in [0.05, 0.1) is 18.1 Å². The van der Waals surface area contributed by atoms with Gasteiger partial charge >= 0.3 is 5.97 Å². The fourth-order valence-corrected chi connectivity index (χ4v) is 2.00. The Labute approximate surface area is 117 Å². The number of anilines is 2. The molecule has 1 aromatic heterocycles. The molecule has 104 valence electrons. The Bertz CT molecular complexity index is 608. The molecule has 0 saturated heterocycles. The second kappa shape index (κ2) is 6.29. The highest BCUT2D eigenvalue weighted by atomic mass is 32.2. The second-order valence-corrected chi connectivity index (χ2v) is 4.62. The van der Waals surface area contributed by atoms with Crippen molar-refractivity contribution in [3.05, 3.63) is 42.4 Å². The molecular formula is C12H9F2N3O2S. The van der Waals surface area contributed by atoms with Crippen molar-refractivity contribution in [3.63, 3.8) is 0 Å². The minimum Gasteiger partial charge on any atom is -0.476 e. The van der Waals surface area contributed by atoms with Crippen molar-refractivity contribution in [2.24, 2.45) is 0 Å². The van der Waals surface area contributed by atoms with Crippen LogP contribution in [0.25, 0.3) is 0 Å². The molecule has 0 radical (unpaired) electrons. The third-order valence-electron chi connectivity index (χ3n) is 2.24. The molecule has 20 heavy (non-hydrogen) atoms. The van der Waals surface area contributed by atoms with Crippen molar-refractivity contribution in [1.29, 1.82) is 0 Å². The van der Waals surface area contributed by atoms with Gasteiger partial charge in [-0.25, -0.2) is 14.8 Å². The van der Waals surface area contributed by atoms with Gasteiger partial charge in [0.2, 0.25) is 0 Å². The first-order chi connectivity index (χ1) is 9.56. The van der Waals surface area contributed by atoms with Gasteiger partial charge in [-0.3, -0.25) is 0 Å². The van der Waals surface area contributed by atoms with E-state index >= 15 is 0 Å². The third kappa shape index (κ3) is 3.64. The molecule has 1 aromatic carbocycles. The number of aromatic nitrogens is 2. The molecule has 0 aliphatic heterocycles. The number of benzene rings is 1. The van der Waals surface area contributed by atoms with Gasteiger partial charge in [-0.15, -0.1) is 0 Å². The highest BCUT2D eigenvalue weighted by Crippen LogP contribution is 2.32. The second-order valence-electron chi connectivity index (χ2n) is 3.59. The van der Waals surface area contributed by atoms with Crippen LogP contribution in [0, 0.1) is 0 Å². The fraction of sp³-hybridized carbons (Fsp3) is 0.0833. The summed E-state index contributed by atoms with van der Waals surface area (Å²) >= 11 is 0.414. The van der Waals surface area contributed by atoms with Crippen molar-refractivity contribution in [3.8, 4) is 0 Å². The van der Waals surface area contributed by atoms with Crippen LogP contribution in [0.4, 0.5) is 20.3 Å². The molecule has 2 rings (SSSR count). The number of hydrogen-bond donors (Lipinski definition) is 2. The highest BCUT2D eigenvalue weighted by Gasteiger charge is 2.10. The van der Waals surface area contributed by atoms with Crippen molar-refractivity contribution in [2.45, 2.75) is 10.7 Å².